The number of rotatable bonds is 8. The van der Waals surface area contributed by atoms with Gasteiger partial charge in [0, 0.05) is 31.7 Å². The van der Waals surface area contributed by atoms with Crippen LogP contribution in [-0.4, -0.2) is 29.8 Å². The minimum atomic E-state index is -0.411. The number of hydrogen-bond donors (Lipinski definition) is 3. The van der Waals surface area contributed by atoms with Crippen molar-refractivity contribution in [3.05, 3.63) is 70.8 Å². The number of nitrogens with one attached hydrogen (secondary N) is 1. The molecule has 2 amide bonds. The third-order valence-electron chi connectivity index (χ3n) is 5.18. The molecule has 0 spiro atoms. The van der Waals surface area contributed by atoms with Crippen molar-refractivity contribution in [2.45, 2.75) is 32.5 Å². The summed E-state index contributed by atoms with van der Waals surface area (Å²) in [6, 6.07) is 15.8. The first-order valence-electron chi connectivity index (χ1n) is 9.70. The number of nitrogens with zero attached hydrogens (tertiary/aromatic N) is 1. The number of hydrogen-bond acceptors (Lipinski definition) is 4. The molecule has 1 atom stereocenters. The molecule has 28 heavy (non-hydrogen) atoms. The van der Waals surface area contributed by atoms with E-state index in [-0.39, 0.29) is 11.8 Å². The number of primary amides is 2. The standard InChI is InChI=1S/C22H28N4O2/c23-21(27)19-7-2-5-17(11-19)13-25-12-16-4-1-6-18(10-16)14-26-9-3-8-20(15-26)22(24)28/h1-2,4-7,10-11,20,25H,3,8-9,12-15H2,(H2,23,27)(H2,24,28). The van der Waals surface area contributed by atoms with E-state index >= 15 is 0 Å². The minimum absolute atomic E-state index is 0.0326. The summed E-state index contributed by atoms with van der Waals surface area (Å²) >= 11 is 0. The van der Waals surface area contributed by atoms with Crippen LogP contribution in [0.15, 0.2) is 48.5 Å². The van der Waals surface area contributed by atoms with Crippen LogP contribution in [0.5, 0.6) is 0 Å². The predicted octanol–water partition coefficient (Wildman–Crippen LogP) is 1.77. The highest BCUT2D eigenvalue weighted by Gasteiger charge is 2.23. The summed E-state index contributed by atoms with van der Waals surface area (Å²) in [7, 11) is 0. The van der Waals surface area contributed by atoms with Crippen molar-refractivity contribution in [1.29, 1.82) is 0 Å². The van der Waals surface area contributed by atoms with Gasteiger partial charge in [0.25, 0.3) is 0 Å². The molecule has 1 unspecified atom stereocenters. The highest BCUT2D eigenvalue weighted by molar-refractivity contribution is 5.92. The summed E-state index contributed by atoms with van der Waals surface area (Å²) < 4.78 is 0. The van der Waals surface area contributed by atoms with Crippen molar-refractivity contribution in [2.24, 2.45) is 17.4 Å². The van der Waals surface area contributed by atoms with Gasteiger partial charge in [-0.3, -0.25) is 14.5 Å². The predicted molar refractivity (Wildman–Crippen MR) is 109 cm³/mol. The molecular weight excluding hydrogens is 352 g/mol. The Bertz CT molecular complexity index is 837. The van der Waals surface area contributed by atoms with Crippen molar-refractivity contribution in [1.82, 2.24) is 10.2 Å². The lowest BCUT2D eigenvalue weighted by molar-refractivity contribution is -0.123. The molecule has 3 rings (SSSR count). The lowest BCUT2D eigenvalue weighted by atomic mass is 9.97. The van der Waals surface area contributed by atoms with Gasteiger partial charge in [-0.1, -0.05) is 36.4 Å². The number of amides is 2. The Morgan fingerprint density at radius 2 is 1.68 bits per heavy atom. The quantitative estimate of drug-likeness (QED) is 0.650. The molecule has 1 heterocycles. The van der Waals surface area contributed by atoms with Gasteiger partial charge in [0.15, 0.2) is 0 Å². The molecule has 1 fully saturated rings. The Labute approximate surface area is 165 Å². The van der Waals surface area contributed by atoms with Crippen molar-refractivity contribution < 1.29 is 9.59 Å². The number of carbonyl (C=O) groups excluding carboxylic acids is 2. The van der Waals surface area contributed by atoms with Crippen molar-refractivity contribution in [2.75, 3.05) is 13.1 Å². The molecule has 1 aliphatic heterocycles. The summed E-state index contributed by atoms with van der Waals surface area (Å²) in [6.07, 6.45) is 1.91. The van der Waals surface area contributed by atoms with Gasteiger partial charge in [-0.05, 0) is 48.2 Å². The molecule has 0 aromatic heterocycles. The number of piperidine rings is 1. The maximum atomic E-state index is 11.5. The fourth-order valence-corrected chi connectivity index (χ4v) is 3.71. The van der Waals surface area contributed by atoms with Crippen molar-refractivity contribution in [3.63, 3.8) is 0 Å². The zero-order valence-electron chi connectivity index (χ0n) is 16.1. The number of carbonyl (C=O) groups is 2. The van der Waals surface area contributed by atoms with Crippen molar-refractivity contribution in [3.8, 4) is 0 Å². The molecule has 2 aromatic carbocycles. The third kappa shape index (κ3) is 5.65. The average Bonchev–Trinajstić information content (AvgIpc) is 2.69. The normalized spacial score (nSPS) is 17.4. The first-order valence-corrected chi connectivity index (χ1v) is 9.70. The van der Waals surface area contributed by atoms with Crippen LogP contribution in [0, 0.1) is 5.92 Å². The van der Waals surface area contributed by atoms with Gasteiger partial charge >= 0.3 is 0 Å². The fraction of sp³-hybridized carbons (Fsp3) is 0.364. The highest BCUT2D eigenvalue weighted by atomic mass is 16.1. The Hall–Kier alpha value is -2.70. The number of nitrogens with two attached hydrogens (primary N) is 2. The Balaban J connectivity index is 1.53. The van der Waals surface area contributed by atoms with Crippen LogP contribution in [0.3, 0.4) is 0 Å². The van der Waals surface area contributed by atoms with Gasteiger partial charge in [-0.2, -0.15) is 0 Å². The summed E-state index contributed by atoms with van der Waals surface area (Å²) in [5.41, 5.74) is 14.8. The minimum Gasteiger partial charge on any atom is -0.369 e. The summed E-state index contributed by atoms with van der Waals surface area (Å²) in [5.74, 6) is -0.636. The molecule has 2 aromatic rings. The smallest absolute Gasteiger partial charge is 0.248 e. The fourth-order valence-electron chi connectivity index (χ4n) is 3.71. The topological polar surface area (TPSA) is 101 Å². The van der Waals surface area contributed by atoms with E-state index in [9.17, 15) is 9.59 Å². The first-order chi connectivity index (χ1) is 13.5. The number of benzene rings is 2. The maximum absolute atomic E-state index is 11.5. The monoisotopic (exact) mass is 380 g/mol. The lowest BCUT2D eigenvalue weighted by Crippen LogP contribution is -2.40. The van der Waals surface area contributed by atoms with E-state index in [0.717, 1.165) is 44.6 Å². The molecule has 148 valence electrons. The van der Waals surface area contributed by atoms with E-state index in [4.69, 9.17) is 11.5 Å². The second-order valence-corrected chi connectivity index (χ2v) is 7.46. The van der Waals surface area contributed by atoms with E-state index in [1.54, 1.807) is 6.07 Å². The van der Waals surface area contributed by atoms with Gasteiger partial charge in [-0.25, -0.2) is 0 Å². The van der Waals surface area contributed by atoms with E-state index in [1.807, 2.05) is 18.2 Å². The zero-order valence-corrected chi connectivity index (χ0v) is 16.1. The second-order valence-electron chi connectivity index (χ2n) is 7.46. The van der Waals surface area contributed by atoms with Gasteiger partial charge < -0.3 is 16.8 Å². The number of likely N-dealkylation sites (tertiary alicyclic amines) is 1. The summed E-state index contributed by atoms with van der Waals surface area (Å²) in [5, 5.41) is 3.41. The Morgan fingerprint density at radius 1 is 1.00 bits per heavy atom. The van der Waals surface area contributed by atoms with Crippen LogP contribution in [-0.2, 0) is 24.4 Å². The third-order valence-corrected chi connectivity index (χ3v) is 5.18. The van der Waals surface area contributed by atoms with Gasteiger partial charge in [-0.15, -0.1) is 0 Å². The largest absolute Gasteiger partial charge is 0.369 e. The Morgan fingerprint density at radius 3 is 2.39 bits per heavy atom. The average molecular weight is 380 g/mol. The summed E-state index contributed by atoms with van der Waals surface area (Å²) in [4.78, 5) is 25.0. The SMILES string of the molecule is NC(=O)c1cccc(CNCc2cccc(CN3CCCC(C(N)=O)C3)c2)c1. The molecule has 0 radical (unpaired) electrons. The molecule has 6 heteroatoms. The van der Waals surface area contributed by atoms with Crippen LogP contribution in [0.4, 0.5) is 0 Å². The van der Waals surface area contributed by atoms with E-state index < -0.39 is 5.91 Å². The van der Waals surface area contributed by atoms with Crippen LogP contribution in [0.25, 0.3) is 0 Å². The van der Waals surface area contributed by atoms with Gasteiger partial charge in [0.1, 0.15) is 0 Å². The van der Waals surface area contributed by atoms with Crippen LogP contribution in [0.2, 0.25) is 0 Å². The Kier molecular flexibility index (Phi) is 6.79. The van der Waals surface area contributed by atoms with E-state index in [2.05, 4.69) is 34.5 Å². The molecule has 1 aliphatic rings. The van der Waals surface area contributed by atoms with Crippen LogP contribution < -0.4 is 16.8 Å². The molecular formula is C22H28N4O2. The van der Waals surface area contributed by atoms with Crippen LogP contribution >= 0.6 is 0 Å². The maximum Gasteiger partial charge on any atom is 0.248 e. The van der Waals surface area contributed by atoms with Crippen molar-refractivity contribution >= 4 is 11.8 Å². The van der Waals surface area contributed by atoms with Crippen LogP contribution in [0.1, 0.15) is 39.9 Å². The van der Waals surface area contributed by atoms with Gasteiger partial charge in [0.05, 0.1) is 5.92 Å². The van der Waals surface area contributed by atoms with E-state index in [0.29, 0.717) is 12.1 Å². The van der Waals surface area contributed by atoms with E-state index in [1.165, 1.54) is 11.1 Å². The molecule has 5 N–H and O–H groups in total. The first kappa shape index (κ1) is 20.0. The summed E-state index contributed by atoms with van der Waals surface area (Å²) in [6.45, 7) is 3.98. The second kappa shape index (κ2) is 9.48. The molecule has 1 saturated heterocycles. The molecule has 0 aliphatic carbocycles. The molecule has 0 saturated carbocycles. The molecule has 6 nitrogen and oxygen atoms in total. The lowest BCUT2D eigenvalue weighted by Gasteiger charge is -2.31. The zero-order chi connectivity index (χ0) is 19.9. The molecule has 0 bridgehead atoms. The van der Waals surface area contributed by atoms with Gasteiger partial charge in [0.2, 0.25) is 11.8 Å². The highest BCUT2D eigenvalue weighted by Crippen LogP contribution is 2.18.